The molecule has 0 saturated heterocycles. The SMILES string of the molecule is CCc1ccc(C(O)c2cccnc2OC)cc1. The number of pyridine rings is 1. The fraction of sp³-hybridized carbons (Fsp3) is 0.267. The van der Waals surface area contributed by atoms with Crippen molar-refractivity contribution in [2.24, 2.45) is 0 Å². The minimum atomic E-state index is -0.709. The average Bonchev–Trinajstić information content (AvgIpc) is 2.46. The van der Waals surface area contributed by atoms with Crippen molar-refractivity contribution in [3.05, 3.63) is 59.3 Å². The van der Waals surface area contributed by atoms with Gasteiger partial charge in [0.15, 0.2) is 0 Å². The first-order chi connectivity index (χ1) is 8.76. The Kier molecular flexibility index (Phi) is 3.95. The summed E-state index contributed by atoms with van der Waals surface area (Å²) in [5.41, 5.74) is 2.78. The van der Waals surface area contributed by atoms with Crippen LogP contribution in [0, 0.1) is 0 Å². The predicted octanol–water partition coefficient (Wildman–Crippen LogP) is 2.73. The summed E-state index contributed by atoms with van der Waals surface area (Å²) in [6, 6.07) is 11.6. The summed E-state index contributed by atoms with van der Waals surface area (Å²) in [7, 11) is 1.55. The fourth-order valence-corrected chi connectivity index (χ4v) is 1.90. The van der Waals surface area contributed by atoms with Gasteiger partial charge in [-0.2, -0.15) is 0 Å². The van der Waals surface area contributed by atoms with Crippen LogP contribution in [0.3, 0.4) is 0 Å². The molecule has 2 aromatic rings. The van der Waals surface area contributed by atoms with Crippen molar-refractivity contribution in [3.63, 3.8) is 0 Å². The molecule has 1 N–H and O–H groups in total. The van der Waals surface area contributed by atoms with Gasteiger partial charge in [-0.15, -0.1) is 0 Å². The van der Waals surface area contributed by atoms with Gasteiger partial charge in [-0.25, -0.2) is 4.98 Å². The molecule has 0 bridgehead atoms. The third-order valence-corrected chi connectivity index (χ3v) is 2.99. The number of methoxy groups -OCH3 is 1. The number of aromatic nitrogens is 1. The van der Waals surface area contributed by atoms with Gasteiger partial charge in [-0.3, -0.25) is 0 Å². The molecule has 2 rings (SSSR count). The van der Waals surface area contributed by atoms with E-state index >= 15 is 0 Å². The van der Waals surface area contributed by atoms with Gasteiger partial charge in [0.2, 0.25) is 5.88 Å². The lowest BCUT2D eigenvalue weighted by molar-refractivity contribution is 0.213. The highest BCUT2D eigenvalue weighted by molar-refractivity contribution is 5.36. The lowest BCUT2D eigenvalue weighted by atomic mass is 10.0. The van der Waals surface area contributed by atoms with E-state index in [9.17, 15) is 5.11 Å². The number of hydrogen-bond acceptors (Lipinski definition) is 3. The Morgan fingerprint density at radius 2 is 1.94 bits per heavy atom. The van der Waals surface area contributed by atoms with Crippen LogP contribution in [-0.2, 0) is 6.42 Å². The van der Waals surface area contributed by atoms with Gasteiger partial charge in [-0.05, 0) is 29.7 Å². The molecule has 0 amide bonds. The first-order valence-corrected chi connectivity index (χ1v) is 6.02. The maximum absolute atomic E-state index is 10.3. The molecule has 18 heavy (non-hydrogen) atoms. The summed E-state index contributed by atoms with van der Waals surface area (Å²) < 4.78 is 5.16. The molecule has 3 heteroatoms. The number of benzene rings is 1. The number of aliphatic hydroxyl groups excluding tert-OH is 1. The normalized spacial score (nSPS) is 12.2. The van der Waals surface area contributed by atoms with Gasteiger partial charge in [0, 0.05) is 11.8 Å². The van der Waals surface area contributed by atoms with E-state index in [1.807, 2.05) is 30.3 Å². The third-order valence-electron chi connectivity index (χ3n) is 2.99. The van der Waals surface area contributed by atoms with Crippen molar-refractivity contribution in [2.75, 3.05) is 7.11 Å². The molecule has 0 spiro atoms. The van der Waals surface area contributed by atoms with Crippen molar-refractivity contribution in [3.8, 4) is 5.88 Å². The summed E-state index contributed by atoms with van der Waals surface area (Å²) >= 11 is 0. The zero-order chi connectivity index (χ0) is 13.0. The van der Waals surface area contributed by atoms with Crippen LogP contribution in [0.2, 0.25) is 0 Å². The Labute approximate surface area is 107 Å². The Bertz CT molecular complexity index is 508. The Hall–Kier alpha value is -1.87. The van der Waals surface area contributed by atoms with E-state index in [-0.39, 0.29) is 0 Å². The Morgan fingerprint density at radius 3 is 2.56 bits per heavy atom. The monoisotopic (exact) mass is 243 g/mol. The van der Waals surface area contributed by atoms with Gasteiger partial charge >= 0.3 is 0 Å². The van der Waals surface area contributed by atoms with Crippen molar-refractivity contribution >= 4 is 0 Å². The predicted molar refractivity (Wildman–Crippen MR) is 70.7 cm³/mol. The molecule has 0 fully saturated rings. The molecule has 1 aromatic heterocycles. The van der Waals surface area contributed by atoms with E-state index in [4.69, 9.17) is 4.74 Å². The van der Waals surface area contributed by atoms with E-state index in [0.29, 0.717) is 11.4 Å². The van der Waals surface area contributed by atoms with Gasteiger partial charge < -0.3 is 9.84 Å². The number of hydrogen-bond donors (Lipinski definition) is 1. The van der Waals surface area contributed by atoms with E-state index < -0.39 is 6.10 Å². The molecule has 0 saturated carbocycles. The summed E-state index contributed by atoms with van der Waals surface area (Å²) in [6.45, 7) is 2.11. The van der Waals surface area contributed by atoms with Crippen molar-refractivity contribution in [2.45, 2.75) is 19.4 Å². The van der Waals surface area contributed by atoms with Gasteiger partial charge in [-0.1, -0.05) is 31.2 Å². The van der Waals surface area contributed by atoms with Crippen LogP contribution in [0.1, 0.15) is 29.7 Å². The van der Waals surface area contributed by atoms with Gasteiger partial charge in [0.05, 0.1) is 7.11 Å². The summed E-state index contributed by atoms with van der Waals surface area (Å²) in [6.07, 6.45) is 1.93. The van der Waals surface area contributed by atoms with Crippen molar-refractivity contribution < 1.29 is 9.84 Å². The maximum Gasteiger partial charge on any atom is 0.219 e. The molecule has 0 aliphatic rings. The standard InChI is InChI=1S/C15H17NO2/c1-3-11-6-8-12(9-7-11)14(17)13-5-4-10-16-15(13)18-2/h4-10,14,17H,3H2,1-2H3. The molecule has 1 aromatic carbocycles. The lowest BCUT2D eigenvalue weighted by Gasteiger charge is -2.14. The average molecular weight is 243 g/mol. The van der Waals surface area contributed by atoms with Crippen molar-refractivity contribution in [1.82, 2.24) is 4.98 Å². The first kappa shape index (κ1) is 12.6. The van der Waals surface area contributed by atoms with Crippen LogP contribution in [0.15, 0.2) is 42.6 Å². The molecule has 94 valence electrons. The first-order valence-electron chi connectivity index (χ1n) is 6.02. The molecule has 1 unspecified atom stereocenters. The minimum absolute atomic E-state index is 0.463. The molecule has 0 radical (unpaired) electrons. The number of rotatable bonds is 4. The number of aryl methyl sites for hydroxylation is 1. The zero-order valence-electron chi connectivity index (χ0n) is 10.6. The smallest absolute Gasteiger partial charge is 0.219 e. The van der Waals surface area contributed by atoms with Crippen LogP contribution < -0.4 is 4.74 Å². The zero-order valence-corrected chi connectivity index (χ0v) is 10.6. The van der Waals surface area contributed by atoms with E-state index in [1.165, 1.54) is 5.56 Å². The summed E-state index contributed by atoms with van der Waals surface area (Å²) in [5, 5.41) is 10.3. The largest absolute Gasteiger partial charge is 0.481 e. The minimum Gasteiger partial charge on any atom is -0.481 e. The van der Waals surface area contributed by atoms with Crippen molar-refractivity contribution in [1.29, 1.82) is 0 Å². The van der Waals surface area contributed by atoms with Crippen LogP contribution in [0.4, 0.5) is 0 Å². The maximum atomic E-state index is 10.3. The van der Waals surface area contributed by atoms with E-state index in [1.54, 1.807) is 19.4 Å². The van der Waals surface area contributed by atoms with Crippen LogP contribution in [0.5, 0.6) is 5.88 Å². The number of nitrogens with zero attached hydrogens (tertiary/aromatic N) is 1. The van der Waals surface area contributed by atoms with Gasteiger partial charge in [0.1, 0.15) is 6.10 Å². The molecular weight excluding hydrogens is 226 g/mol. The number of ether oxygens (including phenoxy) is 1. The highest BCUT2D eigenvalue weighted by atomic mass is 16.5. The molecule has 0 aliphatic heterocycles. The quantitative estimate of drug-likeness (QED) is 0.897. The molecule has 1 atom stereocenters. The Balaban J connectivity index is 2.31. The second-order valence-corrected chi connectivity index (χ2v) is 4.10. The molecule has 3 nitrogen and oxygen atoms in total. The van der Waals surface area contributed by atoms with Crippen LogP contribution in [0.25, 0.3) is 0 Å². The second-order valence-electron chi connectivity index (χ2n) is 4.10. The topological polar surface area (TPSA) is 42.4 Å². The molecule has 0 aliphatic carbocycles. The van der Waals surface area contributed by atoms with E-state index in [0.717, 1.165) is 12.0 Å². The second kappa shape index (κ2) is 5.65. The van der Waals surface area contributed by atoms with Crippen LogP contribution in [-0.4, -0.2) is 17.2 Å². The summed E-state index contributed by atoms with van der Waals surface area (Å²) in [5.74, 6) is 0.463. The summed E-state index contributed by atoms with van der Waals surface area (Å²) in [4.78, 5) is 4.10. The Morgan fingerprint density at radius 1 is 1.22 bits per heavy atom. The highest BCUT2D eigenvalue weighted by Gasteiger charge is 2.15. The van der Waals surface area contributed by atoms with Crippen LogP contribution >= 0.6 is 0 Å². The van der Waals surface area contributed by atoms with E-state index in [2.05, 4.69) is 11.9 Å². The highest BCUT2D eigenvalue weighted by Crippen LogP contribution is 2.28. The number of aliphatic hydroxyl groups is 1. The lowest BCUT2D eigenvalue weighted by Crippen LogP contribution is -2.03. The molecular formula is C15H17NO2. The molecule has 1 heterocycles. The third kappa shape index (κ3) is 2.51. The fourth-order valence-electron chi connectivity index (χ4n) is 1.90. The van der Waals surface area contributed by atoms with Gasteiger partial charge in [0.25, 0.3) is 0 Å².